The van der Waals surface area contributed by atoms with E-state index in [1.165, 1.54) is 69.0 Å². The standard InChI is InChI=1S/C10H7Cl2N3O3.C9H7Cl2N3O3.C6H2Cl3NO.C6H4Cl2N2O.C3H6N2O2.C3H3NO.Cl2OS/c1-2-17-10(16)8-14-9(18-15-8)5-3-6(11)7(12)13-4-5;1-4(15)8(14-17)13-9(16)5-2-6(10)7(11)12-3-5;2*7-4-1-3(6(9)11)2-10-5(4)8;1-2(6)3(4)5-7;1-3(5)2-4;1-4(2)3/h3-4H,2H2,1H3;2-3,17H,1H3,(H,13,14,16);1-2H;1-2H,(H2,9,11);7H,1H3,(H2,4,5);1H3;. The van der Waals surface area contributed by atoms with Crippen molar-refractivity contribution in [1.29, 1.82) is 5.26 Å². The number of halogens is 11. The van der Waals surface area contributed by atoms with Crippen LogP contribution in [0.25, 0.3) is 11.5 Å². The maximum atomic E-state index is 11.6. The first-order valence-corrected chi connectivity index (χ1v) is 24.1. The van der Waals surface area contributed by atoms with Crippen LogP contribution in [-0.4, -0.2) is 103 Å². The first kappa shape index (κ1) is 69.5. The molecule has 0 bridgehead atoms. The van der Waals surface area contributed by atoms with Gasteiger partial charge < -0.3 is 36.5 Å². The van der Waals surface area contributed by atoms with E-state index in [1.54, 1.807) is 6.92 Å². The molecule has 73 heavy (non-hydrogen) atoms. The number of nitrogens with zero attached hydrogens (tertiary/aromatic N) is 9. The van der Waals surface area contributed by atoms with Crippen molar-refractivity contribution in [2.45, 2.75) is 27.7 Å². The zero-order valence-corrected chi connectivity index (χ0v) is 45.7. The number of esters is 1. The second-order valence-corrected chi connectivity index (χ2v) is 17.5. The third-order valence-corrected chi connectivity index (χ3v) is 9.34. The Balaban J connectivity index is 0. The minimum absolute atomic E-state index is 0.0610. The summed E-state index contributed by atoms with van der Waals surface area (Å²) in [5, 5.41) is 35.2. The highest BCUT2D eigenvalue weighted by Gasteiger charge is 2.18. The van der Waals surface area contributed by atoms with Crippen molar-refractivity contribution in [2.24, 2.45) is 21.8 Å². The van der Waals surface area contributed by atoms with E-state index in [4.69, 9.17) is 145 Å². The number of hydrogen-bond acceptors (Lipinski definition) is 21. The van der Waals surface area contributed by atoms with Crippen molar-refractivity contribution in [2.75, 3.05) is 6.61 Å². The van der Waals surface area contributed by atoms with Gasteiger partial charge in [0.25, 0.3) is 22.9 Å². The summed E-state index contributed by atoms with van der Waals surface area (Å²) in [6, 6.07) is 6.92. The average Bonchev–Trinajstić information content (AvgIpc) is 3.83. The Bertz CT molecular complexity index is 2830. The summed E-state index contributed by atoms with van der Waals surface area (Å²) in [5.74, 6) is -4.24. The van der Waals surface area contributed by atoms with Gasteiger partial charge in [0.15, 0.2) is 11.6 Å². The van der Waals surface area contributed by atoms with Crippen LogP contribution in [0.4, 0.5) is 0 Å². The Kier molecular flexibility index (Phi) is 35.4. The predicted molar refractivity (Wildman–Crippen MR) is 273 cm³/mol. The number of primary amides is 1. The molecule has 0 saturated carbocycles. The van der Waals surface area contributed by atoms with Crippen LogP contribution in [0.1, 0.15) is 69.4 Å². The number of oxime groups is 2. The minimum Gasteiger partial charge on any atom is -0.460 e. The van der Waals surface area contributed by atoms with Crippen LogP contribution in [0.2, 0.25) is 40.7 Å². The molecule has 5 aromatic heterocycles. The lowest BCUT2D eigenvalue weighted by molar-refractivity contribution is -0.112. The molecule has 5 rings (SSSR count). The number of aromatic nitrogens is 6. The van der Waals surface area contributed by atoms with E-state index in [0.717, 1.165) is 6.92 Å². The van der Waals surface area contributed by atoms with Crippen molar-refractivity contribution in [3.05, 3.63) is 112 Å². The highest BCUT2D eigenvalue weighted by molar-refractivity contribution is 8.26. The molecular weight excluding hydrogens is 1230 g/mol. The van der Waals surface area contributed by atoms with Gasteiger partial charge in [-0.2, -0.15) is 10.2 Å². The zero-order valence-electron chi connectivity index (χ0n) is 36.5. The van der Waals surface area contributed by atoms with E-state index in [2.05, 4.69) is 67.1 Å². The van der Waals surface area contributed by atoms with Gasteiger partial charge in [0.1, 0.15) is 26.7 Å². The van der Waals surface area contributed by atoms with Gasteiger partial charge in [-0.1, -0.05) is 103 Å². The lowest BCUT2D eigenvalue weighted by Crippen LogP contribution is -2.35. The lowest BCUT2D eigenvalue weighted by Gasteiger charge is -2.04. The van der Waals surface area contributed by atoms with Crippen LogP contribution >= 0.6 is 126 Å². The maximum Gasteiger partial charge on any atom is 0.379 e. The molecule has 0 saturated heterocycles. The van der Waals surface area contributed by atoms with Crippen molar-refractivity contribution in [1.82, 2.24) is 35.4 Å². The molecule has 5 heterocycles. The highest BCUT2D eigenvalue weighted by atomic mass is 36.0. The van der Waals surface area contributed by atoms with Crippen molar-refractivity contribution in [3.8, 4) is 17.5 Å². The highest BCUT2D eigenvalue weighted by Crippen LogP contribution is 2.26. The number of ketones is 3. The topological polar surface area (TPSA) is 389 Å². The fraction of sp³-hybridized carbons (Fsp3) is 0.135. The van der Waals surface area contributed by atoms with Gasteiger partial charge >= 0.3 is 5.97 Å². The zero-order chi connectivity index (χ0) is 56.7. The molecule has 7 N–H and O–H groups in total. The van der Waals surface area contributed by atoms with E-state index in [9.17, 15) is 33.6 Å². The Labute approximate surface area is 467 Å². The van der Waals surface area contributed by atoms with E-state index >= 15 is 0 Å². The maximum absolute atomic E-state index is 11.6. The number of nitrogens with two attached hydrogens (primary N) is 2. The van der Waals surface area contributed by atoms with E-state index in [1.807, 2.05) is 0 Å². The number of nitriles is 1. The largest absolute Gasteiger partial charge is 0.460 e. The molecule has 0 aliphatic heterocycles. The molecule has 392 valence electrons. The number of Topliss-reactive ketones (excluding diaryl/α,β-unsaturated/α-hetero) is 3. The summed E-state index contributed by atoms with van der Waals surface area (Å²) in [5.41, 5.74) is 10.8. The SMILES string of the molecule is CC(=O)/C(=N\O)NC(=O)c1cnc(Cl)c(Cl)c1.CC(=O)/C(N)=N\O.CC(=O)C#N.CCOC(=O)c1noc(-c2cnc(Cl)c(Cl)c2)n1.NC(=O)c1cnc(Cl)c(Cl)c1.O=C(Cl)c1cnc(Cl)c(Cl)c1.O=S(Cl)Cl. The Morgan fingerprint density at radius 2 is 1.14 bits per heavy atom. The molecule has 2 amide bonds. The number of ether oxygens (including phenoxy) is 1. The molecule has 0 fully saturated rings. The smallest absolute Gasteiger partial charge is 0.379 e. The van der Waals surface area contributed by atoms with E-state index in [-0.39, 0.29) is 81.6 Å². The second kappa shape index (κ2) is 37.2. The second-order valence-electron chi connectivity index (χ2n) is 11.6. The van der Waals surface area contributed by atoms with Crippen molar-refractivity contribution >= 4 is 187 Å². The lowest BCUT2D eigenvalue weighted by atomic mass is 10.2. The first-order chi connectivity index (χ1) is 34.0. The van der Waals surface area contributed by atoms with E-state index in [0.29, 0.717) is 5.56 Å². The molecule has 0 radical (unpaired) electrons. The van der Waals surface area contributed by atoms with Crippen molar-refractivity contribution in [3.63, 3.8) is 0 Å². The van der Waals surface area contributed by atoms with Crippen molar-refractivity contribution < 1.29 is 57.4 Å². The molecule has 0 atom stereocenters. The summed E-state index contributed by atoms with van der Waals surface area (Å²) in [6.07, 6.45) is 5.13. The Morgan fingerprint density at radius 1 is 0.726 bits per heavy atom. The van der Waals surface area contributed by atoms with Crippen LogP contribution in [-0.2, 0) is 28.3 Å². The number of carbonyl (C=O) groups excluding carboxylic acids is 7. The van der Waals surface area contributed by atoms with Gasteiger partial charge in [-0.25, -0.2) is 28.9 Å². The Hall–Kier alpha value is -5.60. The van der Waals surface area contributed by atoms with Gasteiger partial charge in [-0.05, 0) is 47.9 Å². The number of nitrogens with one attached hydrogen (secondary N) is 1. The van der Waals surface area contributed by atoms with Gasteiger partial charge in [-0.3, -0.25) is 28.8 Å². The number of hydrogen-bond donors (Lipinski definition) is 5. The number of amidine groups is 2. The van der Waals surface area contributed by atoms with Crippen LogP contribution in [0.3, 0.4) is 0 Å². The number of amides is 2. The molecule has 0 aromatic carbocycles. The summed E-state index contributed by atoms with van der Waals surface area (Å²) in [4.78, 5) is 92.9. The van der Waals surface area contributed by atoms with Crippen LogP contribution in [0.5, 0.6) is 0 Å². The van der Waals surface area contributed by atoms with Crippen LogP contribution in [0.15, 0.2) is 63.9 Å². The fourth-order valence-electron chi connectivity index (χ4n) is 3.22. The van der Waals surface area contributed by atoms with E-state index < -0.39 is 55.4 Å². The molecule has 24 nitrogen and oxygen atoms in total. The van der Waals surface area contributed by atoms with Gasteiger partial charge in [0.2, 0.25) is 32.6 Å². The third kappa shape index (κ3) is 29.6. The molecule has 0 spiro atoms. The normalized spacial score (nSPS) is 10.0. The quantitative estimate of drug-likeness (QED) is 0.0141. The summed E-state index contributed by atoms with van der Waals surface area (Å²) >= 11 is 50.0. The Morgan fingerprint density at radius 3 is 1.48 bits per heavy atom. The summed E-state index contributed by atoms with van der Waals surface area (Å²) < 4.78 is 18.7. The average molecular weight is 1260 g/mol. The first-order valence-electron chi connectivity index (χ1n) is 17.9. The molecule has 0 aliphatic rings. The third-order valence-electron chi connectivity index (χ3n) is 6.38. The predicted octanol–water partition coefficient (Wildman–Crippen LogP) is 8.83. The summed E-state index contributed by atoms with van der Waals surface area (Å²) in [7, 11) is 7.36. The number of pyridine rings is 4. The molecule has 5 aromatic rings. The minimum atomic E-state index is -1.67. The molecular formula is C37H29Cl11N12O12S. The molecule has 0 aliphatic carbocycles. The van der Waals surface area contributed by atoms with Gasteiger partial charge in [-0.15, -0.1) is 0 Å². The van der Waals surface area contributed by atoms with Crippen LogP contribution < -0.4 is 16.8 Å². The number of carbonyl (C=O) groups is 7. The van der Waals surface area contributed by atoms with Crippen LogP contribution in [0, 0.1) is 11.3 Å². The fourth-order valence-corrected chi connectivity index (χ4v) is 4.40. The molecule has 0 unspecified atom stereocenters. The number of rotatable bonds is 8. The monoisotopic (exact) mass is 1250 g/mol. The van der Waals surface area contributed by atoms with Gasteiger partial charge in [0, 0.05) is 66.9 Å². The molecule has 36 heteroatoms. The summed E-state index contributed by atoms with van der Waals surface area (Å²) in [6.45, 7) is 5.50. The van der Waals surface area contributed by atoms with Gasteiger partial charge in [0.05, 0.1) is 49.0 Å².